The third-order valence-corrected chi connectivity index (χ3v) is 3.66. The van der Waals surface area contributed by atoms with Crippen molar-refractivity contribution in [3.63, 3.8) is 0 Å². The van der Waals surface area contributed by atoms with Gasteiger partial charge in [0, 0.05) is 24.2 Å². The molecule has 1 aromatic carbocycles. The van der Waals surface area contributed by atoms with Crippen LogP contribution in [0.25, 0.3) is 0 Å². The number of ether oxygens (including phenoxy) is 2. The molecule has 8 heteroatoms. The number of hydrogen-bond acceptors (Lipinski definition) is 6. The van der Waals surface area contributed by atoms with Crippen molar-refractivity contribution in [1.29, 1.82) is 0 Å². The second-order valence-corrected chi connectivity index (χ2v) is 5.20. The van der Waals surface area contributed by atoms with Gasteiger partial charge in [0.05, 0.1) is 25.6 Å². The number of hydrogen-bond donors (Lipinski definition) is 0. The monoisotopic (exact) mass is 322 g/mol. The van der Waals surface area contributed by atoms with Crippen molar-refractivity contribution in [3.05, 3.63) is 33.9 Å². The summed E-state index contributed by atoms with van der Waals surface area (Å²) in [5.74, 6) is -0.634. The van der Waals surface area contributed by atoms with Crippen molar-refractivity contribution in [1.82, 2.24) is 4.90 Å². The molecule has 23 heavy (non-hydrogen) atoms. The molecular formula is C15H18N2O6. The van der Waals surface area contributed by atoms with E-state index >= 15 is 0 Å². The van der Waals surface area contributed by atoms with E-state index in [0.717, 1.165) is 12.8 Å². The third-order valence-electron chi connectivity index (χ3n) is 3.66. The molecule has 1 aliphatic rings. The van der Waals surface area contributed by atoms with Crippen molar-refractivity contribution in [2.45, 2.75) is 25.3 Å². The molecule has 0 heterocycles. The molecule has 0 spiro atoms. The lowest BCUT2D eigenvalue weighted by molar-refractivity contribution is -0.385. The summed E-state index contributed by atoms with van der Waals surface area (Å²) in [4.78, 5) is 35.9. The zero-order chi connectivity index (χ0) is 17.0. The van der Waals surface area contributed by atoms with E-state index in [1.807, 2.05) is 0 Å². The molecular weight excluding hydrogens is 304 g/mol. The van der Waals surface area contributed by atoms with Crippen LogP contribution in [0.5, 0.6) is 5.75 Å². The molecule has 1 fully saturated rings. The Morgan fingerprint density at radius 3 is 2.57 bits per heavy atom. The highest BCUT2D eigenvalue weighted by molar-refractivity contribution is 5.95. The summed E-state index contributed by atoms with van der Waals surface area (Å²) in [6.07, 6.45) is 1.83. The Kier molecular flexibility index (Phi) is 5.15. The molecule has 0 radical (unpaired) electrons. The van der Waals surface area contributed by atoms with Crippen molar-refractivity contribution in [3.8, 4) is 5.75 Å². The normalized spacial score (nSPS) is 13.3. The number of methoxy groups -OCH3 is 2. The molecule has 124 valence electrons. The Balaban J connectivity index is 2.21. The maximum absolute atomic E-state index is 12.6. The summed E-state index contributed by atoms with van der Waals surface area (Å²) >= 11 is 0. The zero-order valence-electron chi connectivity index (χ0n) is 13.0. The fourth-order valence-corrected chi connectivity index (χ4v) is 2.28. The molecule has 2 rings (SSSR count). The van der Waals surface area contributed by atoms with Crippen LogP contribution in [0.1, 0.15) is 29.6 Å². The maximum Gasteiger partial charge on any atom is 0.311 e. The molecule has 0 aromatic heterocycles. The average Bonchev–Trinajstić information content (AvgIpc) is 3.38. The highest BCUT2D eigenvalue weighted by atomic mass is 16.6. The lowest BCUT2D eigenvalue weighted by Gasteiger charge is -2.22. The van der Waals surface area contributed by atoms with Gasteiger partial charge in [0.2, 0.25) is 0 Å². The molecule has 0 bridgehead atoms. The summed E-state index contributed by atoms with van der Waals surface area (Å²) in [6.45, 7) is 0.232. The van der Waals surface area contributed by atoms with Crippen molar-refractivity contribution < 1.29 is 24.0 Å². The standard InChI is InChI=1S/C15H18N2O6/c1-22-13-6-3-10(9-12(13)17(20)21)15(19)16(11-4-5-11)8-7-14(18)23-2/h3,6,9,11H,4-5,7-8H2,1-2H3. The van der Waals surface area contributed by atoms with Gasteiger partial charge in [0.15, 0.2) is 5.75 Å². The highest BCUT2D eigenvalue weighted by Gasteiger charge is 2.34. The lowest BCUT2D eigenvalue weighted by Crippen LogP contribution is -2.35. The van der Waals surface area contributed by atoms with Crippen LogP contribution in [0.3, 0.4) is 0 Å². The number of amides is 1. The maximum atomic E-state index is 12.6. The van der Waals surface area contributed by atoms with Crippen LogP contribution in [0.2, 0.25) is 0 Å². The van der Waals surface area contributed by atoms with E-state index in [1.165, 1.54) is 32.4 Å². The lowest BCUT2D eigenvalue weighted by atomic mass is 10.1. The van der Waals surface area contributed by atoms with Gasteiger partial charge < -0.3 is 14.4 Å². The van der Waals surface area contributed by atoms with Gasteiger partial charge in [-0.3, -0.25) is 19.7 Å². The minimum Gasteiger partial charge on any atom is -0.490 e. The van der Waals surface area contributed by atoms with Gasteiger partial charge in [-0.1, -0.05) is 0 Å². The summed E-state index contributed by atoms with van der Waals surface area (Å²) in [5.41, 5.74) is -0.0590. The number of rotatable bonds is 7. The Labute approximate surface area is 133 Å². The van der Waals surface area contributed by atoms with E-state index < -0.39 is 10.9 Å². The smallest absolute Gasteiger partial charge is 0.311 e. The van der Waals surface area contributed by atoms with Crippen LogP contribution >= 0.6 is 0 Å². The quantitative estimate of drug-likeness (QED) is 0.431. The van der Waals surface area contributed by atoms with Crippen LogP contribution in [-0.2, 0) is 9.53 Å². The summed E-state index contributed by atoms with van der Waals surface area (Å²) in [5, 5.41) is 11.1. The third kappa shape index (κ3) is 3.97. The van der Waals surface area contributed by atoms with Crippen LogP contribution < -0.4 is 4.74 Å². The first-order valence-electron chi connectivity index (χ1n) is 7.18. The SMILES string of the molecule is COC(=O)CCN(C(=O)c1ccc(OC)c([N+](=O)[O-])c1)C1CC1. The molecule has 1 aromatic rings. The number of benzene rings is 1. The topological polar surface area (TPSA) is 99.0 Å². The fraction of sp³-hybridized carbons (Fsp3) is 0.467. The van der Waals surface area contributed by atoms with Gasteiger partial charge in [-0.25, -0.2) is 0 Å². The minimum atomic E-state index is -0.592. The second kappa shape index (κ2) is 7.08. The van der Waals surface area contributed by atoms with Crippen molar-refractivity contribution in [2.24, 2.45) is 0 Å². The van der Waals surface area contributed by atoms with Gasteiger partial charge in [0.1, 0.15) is 0 Å². The van der Waals surface area contributed by atoms with Crippen molar-refractivity contribution >= 4 is 17.6 Å². The highest BCUT2D eigenvalue weighted by Crippen LogP contribution is 2.31. The minimum absolute atomic E-state index is 0.0771. The van der Waals surface area contributed by atoms with E-state index in [9.17, 15) is 19.7 Å². The zero-order valence-corrected chi connectivity index (χ0v) is 13.0. The predicted octanol–water partition coefficient (Wildman–Crippen LogP) is 1.77. The fourth-order valence-electron chi connectivity index (χ4n) is 2.28. The van der Waals surface area contributed by atoms with Gasteiger partial charge in [-0.15, -0.1) is 0 Å². The Bertz CT molecular complexity index is 626. The Hall–Kier alpha value is -2.64. The first-order chi connectivity index (χ1) is 11.0. The van der Waals surface area contributed by atoms with Gasteiger partial charge in [0.25, 0.3) is 5.91 Å². The van der Waals surface area contributed by atoms with Gasteiger partial charge in [-0.2, -0.15) is 0 Å². The summed E-state index contributed by atoms with van der Waals surface area (Å²) in [6, 6.07) is 4.17. The number of carbonyl (C=O) groups excluding carboxylic acids is 2. The average molecular weight is 322 g/mol. The van der Waals surface area contributed by atoms with Crippen LogP contribution in [-0.4, -0.2) is 48.5 Å². The number of nitro benzene ring substituents is 1. The summed E-state index contributed by atoms with van der Waals surface area (Å²) < 4.78 is 9.51. The molecule has 0 N–H and O–H groups in total. The first kappa shape index (κ1) is 16.7. The molecule has 0 unspecified atom stereocenters. The van der Waals surface area contributed by atoms with Crippen LogP contribution in [0.15, 0.2) is 18.2 Å². The van der Waals surface area contributed by atoms with Gasteiger partial charge >= 0.3 is 11.7 Å². The predicted molar refractivity (Wildman–Crippen MR) is 80.3 cm³/mol. The van der Waals surface area contributed by atoms with E-state index in [1.54, 1.807) is 4.90 Å². The summed E-state index contributed by atoms with van der Waals surface area (Å²) in [7, 11) is 2.62. The molecule has 1 aliphatic carbocycles. The molecule has 0 saturated heterocycles. The van der Waals surface area contributed by atoms with Crippen LogP contribution in [0.4, 0.5) is 5.69 Å². The van der Waals surface area contributed by atoms with E-state index in [-0.39, 0.29) is 41.9 Å². The molecule has 1 saturated carbocycles. The van der Waals surface area contributed by atoms with E-state index in [4.69, 9.17) is 4.74 Å². The largest absolute Gasteiger partial charge is 0.490 e. The molecule has 8 nitrogen and oxygen atoms in total. The van der Waals surface area contributed by atoms with E-state index in [2.05, 4.69) is 4.74 Å². The van der Waals surface area contributed by atoms with Crippen LogP contribution in [0, 0.1) is 10.1 Å². The Morgan fingerprint density at radius 2 is 2.04 bits per heavy atom. The number of carbonyl (C=O) groups is 2. The Morgan fingerprint density at radius 1 is 1.35 bits per heavy atom. The molecule has 0 atom stereocenters. The molecule has 0 aliphatic heterocycles. The first-order valence-corrected chi connectivity index (χ1v) is 7.18. The number of nitro groups is 1. The molecule has 1 amide bonds. The number of esters is 1. The number of nitrogens with zero attached hydrogens (tertiary/aromatic N) is 2. The van der Waals surface area contributed by atoms with E-state index in [0.29, 0.717) is 0 Å². The second-order valence-electron chi connectivity index (χ2n) is 5.20. The van der Waals surface area contributed by atoms with Gasteiger partial charge in [-0.05, 0) is 25.0 Å². The van der Waals surface area contributed by atoms with Crippen molar-refractivity contribution in [2.75, 3.05) is 20.8 Å².